The van der Waals surface area contributed by atoms with Gasteiger partial charge in [-0.25, -0.2) is 0 Å². The van der Waals surface area contributed by atoms with E-state index in [0.29, 0.717) is 13.2 Å². The van der Waals surface area contributed by atoms with Gasteiger partial charge in [-0.15, -0.1) is 0 Å². The number of para-hydroxylation sites is 1. The zero-order chi connectivity index (χ0) is 17.3. The molecule has 5 nitrogen and oxygen atoms in total. The molecule has 1 N–H and O–H groups in total. The van der Waals surface area contributed by atoms with Gasteiger partial charge in [0.1, 0.15) is 18.5 Å². The second kappa shape index (κ2) is 10.4. The van der Waals surface area contributed by atoms with Gasteiger partial charge in [0.15, 0.2) is 0 Å². The summed E-state index contributed by atoms with van der Waals surface area (Å²) in [5.74, 6) is 3.22. The van der Waals surface area contributed by atoms with E-state index in [2.05, 4.69) is 21.9 Å². The lowest BCUT2D eigenvalue weighted by atomic mass is 10.2. The van der Waals surface area contributed by atoms with Gasteiger partial charge in [-0.1, -0.05) is 18.2 Å². The lowest BCUT2D eigenvalue weighted by Gasteiger charge is -2.28. The van der Waals surface area contributed by atoms with E-state index in [1.54, 1.807) is 0 Å². The third-order valence-corrected chi connectivity index (χ3v) is 5.63. The highest BCUT2D eigenvalue weighted by atomic mass is 32.2. The Bertz CT molecular complexity index is 503. The van der Waals surface area contributed by atoms with Gasteiger partial charge in [0.25, 0.3) is 0 Å². The number of nitrogens with zero attached hydrogens (tertiary/aromatic N) is 2. The molecule has 0 radical (unpaired) electrons. The maximum atomic E-state index is 10.3. The Morgan fingerprint density at radius 3 is 2.80 bits per heavy atom. The molecule has 2 aliphatic heterocycles. The van der Waals surface area contributed by atoms with Crippen LogP contribution in [0.1, 0.15) is 12.0 Å². The number of ether oxygens (including phenoxy) is 2. The van der Waals surface area contributed by atoms with Crippen LogP contribution in [-0.2, 0) is 11.3 Å². The normalized spacial score (nSPS) is 21.6. The van der Waals surface area contributed by atoms with E-state index >= 15 is 0 Å². The number of hydrogen-bond acceptors (Lipinski definition) is 6. The molecule has 2 aliphatic rings. The first kappa shape index (κ1) is 19.0. The van der Waals surface area contributed by atoms with Crippen molar-refractivity contribution >= 4 is 11.8 Å². The molecule has 1 aromatic rings. The summed E-state index contributed by atoms with van der Waals surface area (Å²) < 4.78 is 11.5. The summed E-state index contributed by atoms with van der Waals surface area (Å²) in [5, 5.41) is 10.3. The summed E-state index contributed by atoms with van der Waals surface area (Å²) in [5.41, 5.74) is 1.19. The number of hydrogen-bond donors (Lipinski definition) is 1. The molecule has 0 saturated carbocycles. The van der Waals surface area contributed by atoms with Crippen LogP contribution in [0.15, 0.2) is 24.3 Å². The monoisotopic (exact) mass is 366 g/mol. The quantitative estimate of drug-likeness (QED) is 0.792. The lowest BCUT2D eigenvalue weighted by Crippen LogP contribution is -2.40. The van der Waals surface area contributed by atoms with Gasteiger partial charge in [0.2, 0.25) is 0 Å². The van der Waals surface area contributed by atoms with Crippen LogP contribution >= 0.6 is 11.8 Å². The average Bonchev–Trinajstić information content (AvgIpc) is 2.90. The molecule has 1 atom stereocenters. The van der Waals surface area contributed by atoms with Crippen LogP contribution < -0.4 is 4.74 Å². The van der Waals surface area contributed by atoms with Gasteiger partial charge >= 0.3 is 0 Å². The minimum atomic E-state index is -0.442. The van der Waals surface area contributed by atoms with Gasteiger partial charge in [-0.3, -0.25) is 9.80 Å². The van der Waals surface area contributed by atoms with E-state index in [1.807, 2.05) is 23.9 Å². The third kappa shape index (κ3) is 6.46. The van der Waals surface area contributed by atoms with Crippen LogP contribution in [-0.4, -0.2) is 85.1 Å². The molecule has 0 aromatic heterocycles. The van der Waals surface area contributed by atoms with E-state index in [1.165, 1.54) is 5.56 Å². The zero-order valence-corrected chi connectivity index (χ0v) is 15.8. The van der Waals surface area contributed by atoms with E-state index in [0.717, 1.165) is 69.6 Å². The first-order valence-corrected chi connectivity index (χ1v) is 10.5. The van der Waals surface area contributed by atoms with Crippen molar-refractivity contribution in [2.75, 3.05) is 64.1 Å². The molecule has 2 heterocycles. The van der Waals surface area contributed by atoms with Gasteiger partial charge in [0.05, 0.1) is 6.61 Å². The highest BCUT2D eigenvalue weighted by Gasteiger charge is 2.17. The van der Waals surface area contributed by atoms with Crippen molar-refractivity contribution in [2.24, 2.45) is 0 Å². The molecule has 0 amide bonds. The number of thioether (sulfide) groups is 1. The Morgan fingerprint density at radius 2 is 1.92 bits per heavy atom. The molecule has 25 heavy (non-hydrogen) atoms. The first-order chi connectivity index (χ1) is 12.3. The molecule has 0 aliphatic carbocycles. The van der Waals surface area contributed by atoms with Crippen LogP contribution in [0.3, 0.4) is 0 Å². The largest absolute Gasteiger partial charge is 0.491 e. The van der Waals surface area contributed by atoms with E-state index in [4.69, 9.17) is 9.47 Å². The molecular formula is C19H30N2O3S. The Hall–Kier alpha value is -0.790. The van der Waals surface area contributed by atoms with Crippen LogP contribution in [0.25, 0.3) is 0 Å². The minimum absolute atomic E-state index is 0.351. The van der Waals surface area contributed by atoms with Crippen molar-refractivity contribution in [3.05, 3.63) is 29.8 Å². The number of aliphatic hydroxyl groups excluding tert-OH is 1. The highest BCUT2D eigenvalue weighted by molar-refractivity contribution is 7.99. The molecule has 2 saturated heterocycles. The van der Waals surface area contributed by atoms with Gasteiger partial charge in [-0.2, -0.15) is 11.8 Å². The summed E-state index contributed by atoms with van der Waals surface area (Å²) in [6, 6.07) is 8.18. The maximum absolute atomic E-state index is 10.3. The van der Waals surface area contributed by atoms with Crippen LogP contribution in [0.2, 0.25) is 0 Å². The summed E-state index contributed by atoms with van der Waals surface area (Å²) in [6.45, 7) is 7.74. The molecule has 0 spiro atoms. The summed E-state index contributed by atoms with van der Waals surface area (Å²) in [4.78, 5) is 4.74. The Labute approximate surface area is 155 Å². The predicted octanol–water partition coefficient (Wildman–Crippen LogP) is 1.70. The maximum Gasteiger partial charge on any atom is 0.123 e. The molecule has 3 rings (SSSR count). The summed E-state index contributed by atoms with van der Waals surface area (Å²) in [7, 11) is 0. The fraction of sp³-hybridized carbons (Fsp3) is 0.684. The molecular weight excluding hydrogens is 336 g/mol. The standard InChI is InChI=1S/C19H30N2O3S/c22-18(15-21-8-12-25-13-9-21)16-24-19-5-2-1-4-17(19)14-20-6-3-10-23-11-7-20/h1-2,4-5,18,22H,3,6-16H2/t18-/m1/s1. The number of rotatable bonds is 7. The van der Waals surface area contributed by atoms with Crippen molar-refractivity contribution in [3.8, 4) is 5.75 Å². The highest BCUT2D eigenvalue weighted by Crippen LogP contribution is 2.21. The molecule has 140 valence electrons. The predicted molar refractivity (Wildman–Crippen MR) is 102 cm³/mol. The molecule has 1 aromatic carbocycles. The molecule has 0 bridgehead atoms. The minimum Gasteiger partial charge on any atom is -0.491 e. The second-order valence-corrected chi connectivity index (χ2v) is 7.95. The van der Waals surface area contributed by atoms with Gasteiger partial charge in [-0.05, 0) is 12.5 Å². The van der Waals surface area contributed by atoms with E-state index < -0.39 is 6.10 Å². The van der Waals surface area contributed by atoms with Crippen LogP contribution in [0.5, 0.6) is 5.75 Å². The van der Waals surface area contributed by atoms with E-state index in [-0.39, 0.29) is 0 Å². The topological polar surface area (TPSA) is 45.2 Å². The number of benzene rings is 1. The second-order valence-electron chi connectivity index (χ2n) is 6.73. The van der Waals surface area contributed by atoms with Gasteiger partial charge < -0.3 is 14.6 Å². The SMILES string of the molecule is O[C@@H](COc1ccccc1CN1CCCOCC1)CN1CCSCC1. The molecule has 0 unspecified atom stereocenters. The molecule has 6 heteroatoms. The third-order valence-electron chi connectivity index (χ3n) is 4.69. The Balaban J connectivity index is 1.49. The fourth-order valence-electron chi connectivity index (χ4n) is 3.29. The van der Waals surface area contributed by atoms with Crippen molar-refractivity contribution < 1.29 is 14.6 Å². The number of aliphatic hydroxyl groups is 1. The first-order valence-electron chi connectivity index (χ1n) is 9.30. The average molecular weight is 367 g/mol. The summed E-state index contributed by atoms with van der Waals surface area (Å²) >= 11 is 1.99. The number of β-amino-alcohol motifs (C(OH)–C–C–N with tert-alkyl or cyclic N) is 1. The lowest BCUT2D eigenvalue weighted by molar-refractivity contribution is 0.0708. The van der Waals surface area contributed by atoms with Crippen LogP contribution in [0.4, 0.5) is 0 Å². The van der Waals surface area contributed by atoms with Crippen molar-refractivity contribution in [1.82, 2.24) is 9.80 Å². The van der Waals surface area contributed by atoms with Crippen molar-refractivity contribution in [1.29, 1.82) is 0 Å². The Kier molecular flexibility index (Phi) is 7.88. The Morgan fingerprint density at radius 1 is 1.08 bits per heavy atom. The van der Waals surface area contributed by atoms with Gasteiger partial charge in [0, 0.05) is 62.9 Å². The van der Waals surface area contributed by atoms with E-state index in [9.17, 15) is 5.11 Å². The van der Waals surface area contributed by atoms with Crippen LogP contribution in [0, 0.1) is 0 Å². The smallest absolute Gasteiger partial charge is 0.123 e. The zero-order valence-electron chi connectivity index (χ0n) is 14.9. The van der Waals surface area contributed by atoms with Crippen molar-refractivity contribution in [3.63, 3.8) is 0 Å². The van der Waals surface area contributed by atoms with Crippen molar-refractivity contribution in [2.45, 2.75) is 19.1 Å². The molecule has 2 fully saturated rings. The fourth-order valence-corrected chi connectivity index (χ4v) is 4.27. The summed E-state index contributed by atoms with van der Waals surface area (Å²) in [6.07, 6.45) is 0.637.